The van der Waals surface area contributed by atoms with Gasteiger partial charge in [-0.15, -0.1) is 0 Å². The van der Waals surface area contributed by atoms with E-state index in [0.29, 0.717) is 11.6 Å². The molecule has 0 aliphatic heterocycles. The molecule has 140 valence electrons. The molecule has 0 fully saturated rings. The maximum Gasteiger partial charge on any atom is 0.416 e. The van der Waals surface area contributed by atoms with E-state index in [2.05, 4.69) is 5.32 Å². The minimum Gasteiger partial charge on any atom is -0.351 e. The van der Waals surface area contributed by atoms with E-state index in [1.54, 1.807) is 0 Å². The van der Waals surface area contributed by atoms with E-state index in [4.69, 9.17) is 0 Å². The first-order chi connectivity index (χ1) is 12.1. The number of hydrogen-bond acceptors (Lipinski definition) is 3. The van der Waals surface area contributed by atoms with Crippen molar-refractivity contribution in [2.45, 2.75) is 17.6 Å². The summed E-state index contributed by atoms with van der Waals surface area (Å²) in [5.74, 6) is -1.13. The van der Waals surface area contributed by atoms with E-state index >= 15 is 0 Å². The molecular weight excluding hydrogens is 376 g/mol. The van der Waals surface area contributed by atoms with Gasteiger partial charge in [-0.3, -0.25) is 4.79 Å². The largest absolute Gasteiger partial charge is 0.416 e. The quantitative estimate of drug-likeness (QED) is 0.744. The van der Waals surface area contributed by atoms with Gasteiger partial charge in [-0.05, 0) is 35.9 Å². The third-order valence-corrected chi connectivity index (χ3v) is 4.70. The van der Waals surface area contributed by atoms with Crippen LogP contribution >= 0.6 is 0 Å². The zero-order valence-corrected chi connectivity index (χ0v) is 14.0. The van der Waals surface area contributed by atoms with Crippen LogP contribution in [0.1, 0.15) is 11.1 Å². The van der Waals surface area contributed by atoms with Gasteiger partial charge in [0, 0.05) is 6.54 Å². The zero-order valence-electron chi connectivity index (χ0n) is 13.2. The average molecular weight is 390 g/mol. The smallest absolute Gasteiger partial charge is 0.351 e. The molecule has 0 saturated carbocycles. The van der Waals surface area contributed by atoms with E-state index < -0.39 is 44.9 Å². The zero-order chi connectivity index (χ0) is 19.4. The number of carbonyl (C=O) groups is 1. The molecule has 0 aromatic heterocycles. The Balaban J connectivity index is 1.95. The molecule has 0 saturated heterocycles. The SMILES string of the molecule is O=C(CNS(=O)(=O)c1cccc(C(F)(F)F)c1)NCc1ccc(F)cc1. The first-order valence-electron chi connectivity index (χ1n) is 7.26. The van der Waals surface area contributed by atoms with E-state index in [9.17, 15) is 30.8 Å². The molecule has 10 heteroatoms. The monoisotopic (exact) mass is 390 g/mol. The van der Waals surface area contributed by atoms with E-state index in [0.717, 1.165) is 18.2 Å². The third kappa shape index (κ3) is 5.53. The van der Waals surface area contributed by atoms with Crippen molar-refractivity contribution in [3.05, 3.63) is 65.5 Å². The molecule has 2 rings (SSSR count). The number of rotatable bonds is 6. The number of nitrogens with one attached hydrogen (secondary N) is 2. The van der Waals surface area contributed by atoms with Gasteiger partial charge in [0.25, 0.3) is 0 Å². The van der Waals surface area contributed by atoms with Gasteiger partial charge in [0.1, 0.15) is 5.82 Å². The number of sulfonamides is 1. The van der Waals surface area contributed by atoms with Gasteiger partial charge < -0.3 is 5.32 Å². The molecule has 2 N–H and O–H groups in total. The summed E-state index contributed by atoms with van der Waals surface area (Å²) in [6, 6.07) is 8.49. The number of alkyl halides is 3. The highest BCUT2D eigenvalue weighted by Gasteiger charge is 2.31. The Bertz CT molecular complexity index is 881. The number of carbonyl (C=O) groups excluding carboxylic acids is 1. The van der Waals surface area contributed by atoms with Crippen LogP contribution in [-0.4, -0.2) is 20.9 Å². The first kappa shape index (κ1) is 19.9. The van der Waals surface area contributed by atoms with Crippen molar-refractivity contribution in [2.24, 2.45) is 0 Å². The highest BCUT2D eigenvalue weighted by Crippen LogP contribution is 2.30. The van der Waals surface area contributed by atoms with Crippen LogP contribution < -0.4 is 10.0 Å². The van der Waals surface area contributed by atoms with Crippen LogP contribution in [0.4, 0.5) is 17.6 Å². The van der Waals surface area contributed by atoms with Crippen LogP contribution in [0.3, 0.4) is 0 Å². The van der Waals surface area contributed by atoms with Crippen molar-refractivity contribution in [1.82, 2.24) is 10.0 Å². The van der Waals surface area contributed by atoms with Crippen molar-refractivity contribution in [1.29, 1.82) is 0 Å². The minimum atomic E-state index is -4.68. The van der Waals surface area contributed by atoms with Gasteiger partial charge in [-0.25, -0.2) is 17.5 Å². The highest BCUT2D eigenvalue weighted by atomic mass is 32.2. The van der Waals surface area contributed by atoms with Crippen molar-refractivity contribution in [3.63, 3.8) is 0 Å². The second-order valence-corrected chi connectivity index (χ2v) is 7.02. The maximum atomic E-state index is 12.8. The molecule has 0 aliphatic carbocycles. The molecule has 0 bridgehead atoms. The van der Waals surface area contributed by atoms with Crippen molar-refractivity contribution < 1.29 is 30.8 Å². The first-order valence-corrected chi connectivity index (χ1v) is 8.74. The molecule has 0 atom stereocenters. The number of benzene rings is 2. The lowest BCUT2D eigenvalue weighted by atomic mass is 10.2. The predicted molar refractivity (Wildman–Crippen MR) is 84.9 cm³/mol. The lowest BCUT2D eigenvalue weighted by molar-refractivity contribution is -0.137. The van der Waals surface area contributed by atoms with Crippen LogP contribution in [0, 0.1) is 5.82 Å². The third-order valence-electron chi connectivity index (χ3n) is 3.30. The molecule has 0 aliphatic rings. The number of amides is 1. The summed E-state index contributed by atoms with van der Waals surface area (Å²) < 4.78 is 76.7. The fraction of sp³-hybridized carbons (Fsp3) is 0.188. The second kappa shape index (κ2) is 7.83. The van der Waals surface area contributed by atoms with Gasteiger partial charge in [0.05, 0.1) is 17.0 Å². The summed E-state index contributed by atoms with van der Waals surface area (Å²) in [5.41, 5.74) is -0.512. The molecule has 2 aromatic rings. The summed E-state index contributed by atoms with van der Waals surface area (Å²) in [7, 11) is -4.29. The van der Waals surface area contributed by atoms with Gasteiger partial charge in [0.2, 0.25) is 15.9 Å². The molecule has 0 heterocycles. The van der Waals surface area contributed by atoms with Crippen molar-refractivity contribution >= 4 is 15.9 Å². The standard InChI is InChI=1S/C16H14F4N2O3S/c17-13-6-4-11(5-7-13)9-21-15(23)10-22-26(24,25)14-3-1-2-12(8-14)16(18,19)20/h1-8,22H,9-10H2,(H,21,23). The Kier molecular flexibility index (Phi) is 5.98. The molecule has 26 heavy (non-hydrogen) atoms. The lowest BCUT2D eigenvalue weighted by Gasteiger charge is -2.10. The number of halogens is 4. The van der Waals surface area contributed by atoms with Gasteiger partial charge in [-0.1, -0.05) is 18.2 Å². The Labute approximate surface area is 147 Å². The van der Waals surface area contributed by atoms with Crippen LogP contribution in [0.15, 0.2) is 53.4 Å². The number of hydrogen-bond donors (Lipinski definition) is 2. The van der Waals surface area contributed by atoms with Crippen LogP contribution in [-0.2, 0) is 27.5 Å². The molecule has 2 aromatic carbocycles. The summed E-state index contributed by atoms with van der Waals surface area (Å²) >= 11 is 0. The topological polar surface area (TPSA) is 75.3 Å². The van der Waals surface area contributed by atoms with Crippen molar-refractivity contribution in [3.8, 4) is 0 Å². The summed E-state index contributed by atoms with van der Waals surface area (Å²) in [5, 5.41) is 2.41. The average Bonchev–Trinajstić information content (AvgIpc) is 2.59. The fourth-order valence-corrected chi connectivity index (χ4v) is 2.98. The van der Waals surface area contributed by atoms with Gasteiger partial charge >= 0.3 is 6.18 Å². The van der Waals surface area contributed by atoms with Crippen LogP contribution in [0.2, 0.25) is 0 Å². The lowest BCUT2D eigenvalue weighted by Crippen LogP contribution is -2.36. The Morgan fingerprint density at radius 1 is 1.04 bits per heavy atom. The molecular formula is C16H14F4N2O3S. The molecule has 0 unspecified atom stereocenters. The highest BCUT2D eigenvalue weighted by molar-refractivity contribution is 7.89. The second-order valence-electron chi connectivity index (χ2n) is 5.25. The van der Waals surface area contributed by atoms with Gasteiger partial charge in [0.15, 0.2) is 0 Å². The van der Waals surface area contributed by atoms with E-state index in [-0.39, 0.29) is 6.54 Å². The van der Waals surface area contributed by atoms with E-state index in [1.807, 2.05) is 4.72 Å². The summed E-state index contributed by atoms with van der Waals surface area (Å²) in [4.78, 5) is 11.1. The van der Waals surface area contributed by atoms with Crippen LogP contribution in [0.5, 0.6) is 0 Å². The maximum absolute atomic E-state index is 12.8. The predicted octanol–water partition coefficient (Wildman–Crippen LogP) is 2.44. The normalized spacial score (nSPS) is 12.0. The Hall–Kier alpha value is -2.46. The summed E-state index contributed by atoms with van der Waals surface area (Å²) in [6.45, 7) is -0.607. The molecule has 5 nitrogen and oxygen atoms in total. The summed E-state index contributed by atoms with van der Waals surface area (Å²) in [6.07, 6.45) is -4.68. The fourth-order valence-electron chi connectivity index (χ4n) is 1.95. The van der Waals surface area contributed by atoms with Crippen molar-refractivity contribution in [2.75, 3.05) is 6.54 Å². The molecule has 0 spiro atoms. The van der Waals surface area contributed by atoms with Gasteiger partial charge in [-0.2, -0.15) is 13.2 Å². The van der Waals surface area contributed by atoms with Crippen LogP contribution in [0.25, 0.3) is 0 Å². The minimum absolute atomic E-state index is 0.0460. The Morgan fingerprint density at radius 2 is 1.69 bits per heavy atom. The van der Waals surface area contributed by atoms with E-state index in [1.165, 1.54) is 24.3 Å². The Morgan fingerprint density at radius 3 is 2.31 bits per heavy atom. The molecule has 0 radical (unpaired) electrons. The molecule has 1 amide bonds.